The van der Waals surface area contributed by atoms with E-state index in [0.29, 0.717) is 11.4 Å². The molecular formula is C25H33N3O2S. The Balaban J connectivity index is 1.51. The quantitative estimate of drug-likeness (QED) is 0.651. The predicted octanol–water partition coefficient (Wildman–Crippen LogP) is 5.18. The molecule has 2 unspecified atom stereocenters. The molecule has 2 aromatic rings. The molecule has 6 heteroatoms. The number of thiophene rings is 1. The van der Waals surface area contributed by atoms with Gasteiger partial charge in [-0.3, -0.25) is 9.59 Å². The van der Waals surface area contributed by atoms with Crippen molar-refractivity contribution in [1.29, 1.82) is 0 Å². The van der Waals surface area contributed by atoms with Crippen molar-refractivity contribution in [2.24, 2.45) is 11.7 Å². The third-order valence-corrected chi connectivity index (χ3v) is 7.57. The third-order valence-electron chi connectivity index (χ3n) is 6.70. The highest BCUT2D eigenvalue weighted by Gasteiger charge is 2.34. The molecule has 166 valence electrons. The van der Waals surface area contributed by atoms with Crippen LogP contribution in [0.15, 0.2) is 41.8 Å². The number of rotatable bonds is 6. The van der Waals surface area contributed by atoms with Gasteiger partial charge in [0.15, 0.2) is 0 Å². The van der Waals surface area contributed by atoms with E-state index in [-0.39, 0.29) is 29.8 Å². The Labute approximate surface area is 189 Å². The molecule has 0 bridgehead atoms. The van der Waals surface area contributed by atoms with E-state index in [2.05, 4.69) is 10.2 Å². The molecule has 2 aliphatic rings. The van der Waals surface area contributed by atoms with Gasteiger partial charge in [0, 0.05) is 30.2 Å². The van der Waals surface area contributed by atoms with Crippen LogP contribution in [0, 0.1) is 5.92 Å². The summed E-state index contributed by atoms with van der Waals surface area (Å²) < 4.78 is 0. The van der Waals surface area contributed by atoms with E-state index in [1.807, 2.05) is 41.8 Å². The molecule has 1 aromatic heterocycles. The molecule has 3 N–H and O–H groups in total. The number of hydrogen-bond acceptors (Lipinski definition) is 4. The zero-order valence-electron chi connectivity index (χ0n) is 18.1. The van der Waals surface area contributed by atoms with Gasteiger partial charge >= 0.3 is 0 Å². The Kier molecular flexibility index (Phi) is 7.41. The summed E-state index contributed by atoms with van der Waals surface area (Å²) in [4.78, 5) is 28.8. The van der Waals surface area contributed by atoms with Crippen molar-refractivity contribution in [3.05, 3.63) is 52.2 Å². The van der Waals surface area contributed by atoms with Crippen LogP contribution in [0.3, 0.4) is 0 Å². The van der Waals surface area contributed by atoms with Gasteiger partial charge in [-0.25, -0.2) is 0 Å². The second-order valence-electron chi connectivity index (χ2n) is 8.95. The number of carbonyl (C=O) groups is 2. The summed E-state index contributed by atoms with van der Waals surface area (Å²) in [6, 6.07) is 11.7. The van der Waals surface area contributed by atoms with Crippen molar-refractivity contribution in [2.75, 3.05) is 5.32 Å². The minimum Gasteiger partial charge on any atom is -0.334 e. The van der Waals surface area contributed by atoms with Crippen molar-refractivity contribution < 1.29 is 9.59 Å². The maximum absolute atomic E-state index is 13.6. The first-order valence-corrected chi connectivity index (χ1v) is 12.5. The molecule has 31 heavy (non-hydrogen) atoms. The lowest BCUT2D eigenvalue weighted by atomic mass is 9.85. The Morgan fingerprint density at radius 3 is 2.52 bits per heavy atom. The van der Waals surface area contributed by atoms with Crippen molar-refractivity contribution in [3.63, 3.8) is 0 Å². The van der Waals surface area contributed by atoms with E-state index in [4.69, 9.17) is 5.73 Å². The Morgan fingerprint density at radius 2 is 1.77 bits per heavy atom. The lowest BCUT2D eigenvalue weighted by molar-refractivity contribution is -0.141. The molecule has 0 spiro atoms. The zero-order chi connectivity index (χ0) is 21.6. The van der Waals surface area contributed by atoms with E-state index in [1.54, 1.807) is 0 Å². The predicted molar refractivity (Wildman–Crippen MR) is 126 cm³/mol. The molecule has 0 saturated heterocycles. The van der Waals surface area contributed by atoms with Crippen LogP contribution in [-0.2, 0) is 11.3 Å². The SMILES string of the molecule is NC1CCCCC1N(Cc1cccc(NC(=O)c2cccs2)c1)C(=O)C1CCCCC1. The molecule has 4 rings (SSSR count). The fraction of sp³-hybridized carbons (Fsp3) is 0.520. The van der Waals surface area contributed by atoms with Gasteiger partial charge in [-0.15, -0.1) is 11.3 Å². The number of nitrogens with two attached hydrogens (primary N) is 1. The van der Waals surface area contributed by atoms with Gasteiger partial charge in [-0.05, 0) is 54.8 Å². The molecule has 2 fully saturated rings. The number of hydrogen-bond donors (Lipinski definition) is 2. The second kappa shape index (κ2) is 10.4. The molecule has 0 radical (unpaired) electrons. The summed E-state index contributed by atoms with van der Waals surface area (Å²) >= 11 is 1.43. The molecule has 2 amide bonds. The highest BCUT2D eigenvalue weighted by Crippen LogP contribution is 2.30. The minimum absolute atomic E-state index is 0.0444. The van der Waals surface area contributed by atoms with Gasteiger partial charge in [0.05, 0.1) is 4.88 Å². The molecule has 0 aliphatic heterocycles. The Morgan fingerprint density at radius 1 is 1.00 bits per heavy atom. The first kappa shape index (κ1) is 22.0. The van der Waals surface area contributed by atoms with Crippen LogP contribution in [0.2, 0.25) is 0 Å². The normalized spacial score (nSPS) is 22.1. The number of nitrogens with one attached hydrogen (secondary N) is 1. The average molecular weight is 440 g/mol. The molecule has 2 atom stereocenters. The number of nitrogens with zero attached hydrogens (tertiary/aromatic N) is 1. The molecule has 1 heterocycles. The first-order chi connectivity index (χ1) is 15.1. The van der Waals surface area contributed by atoms with Gasteiger partial charge in [0.1, 0.15) is 0 Å². The molecule has 2 aliphatic carbocycles. The highest BCUT2D eigenvalue weighted by atomic mass is 32.1. The smallest absolute Gasteiger partial charge is 0.265 e. The second-order valence-corrected chi connectivity index (χ2v) is 9.90. The number of anilines is 1. The maximum atomic E-state index is 13.6. The van der Waals surface area contributed by atoms with Crippen LogP contribution in [-0.4, -0.2) is 28.8 Å². The van der Waals surface area contributed by atoms with E-state index in [9.17, 15) is 9.59 Å². The monoisotopic (exact) mass is 439 g/mol. The average Bonchev–Trinajstić information content (AvgIpc) is 3.34. The fourth-order valence-electron chi connectivity index (χ4n) is 5.01. The molecule has 5 nitrogen and oxygen atoms in total. The number of amides is 2. The van der Waals surface area contributed by atoms with Gasteiger partial charge < -0.3 is 16.0 Å². The summed E-state index contributed by atoms with van der Waals surface area (Å²) in [6.07, 6.45) is 9.75. The summed E-state index contributed by atoms with van der Waals surface area (Å²) in [5.74, 6) is 0.302. The standard InChI is InChI=1S/C25H33N3O2S/c26-21-12-4-5-13-22(21)28(25(30)19-9-2-1-3-10-19)17-18-8-6-11-20(16-18)27-24(29)23-14-7-15-31-23/h6-8,11,14-16,19,21-22H,1-5,9-10,12-13,17,26H2,(H,27,29). The van der Waals surface area contributed by atoms with Crippen LogP contribution in [0.5, 0.6) is 0 Å². The Hall–Kier alpha value is -2.18. The van der Waals surface area contributed by atoms with E-state index < -0.39 is 0 Å². The van der Waals surface area contributed by atoms with E-state index in [1.165, 1.54) is 17.8 Å². The van der Waals surface area contributed by atoms with Crippen molar-refractivity contribution in [3.8, 4) is 0 Å². The van der Waals surface area contributed by atoms with Gasteiger partial charge in [0.2, 0.25) is 5.91 Å². The van der Waals surface area contributed by atoms with Gasteiger partial charge in [0.25, 0.3) is 5.91 Å². The molecule has 1 aromatic carbocycles. The van der Waals surface area contributed by atoms with Crippen LogP contribution in [0.25, 0.3) is 0 Å². The van der Waals surface area contributed by atoms with E-state index >= 15 is 0 Å². The summed E-state index contributed by atoms with van der Waals surface area (Å²) in [7, 11) is 0. The zero-order valence-corrected chi connectivity index (χ0v) is 18.9. The summed E-state index contributed by atoms with van der Waals surface area (Å²) in [6.45, 7) is 0.552. The maximum Gasteiger partial charge on any atom is 0.265 e. The van der Waals surface area contributed by atoms with Crippen molar-refractivity contribution in [2.45, 2.75) is 76.4 Å². The highest BCUT2D eigenvalue weighted by molar-refractivity contribution is 7.12. The number of benzene rings is 1. The van der Waals surface area contributed by atoms with Crippen molar-refractivity contribution >= 4 is 28.8 Å². The molecular weight excluding hydrogens is 406 g/mol. The largest absolute Gasteiger partial charge is 0.334 e. The van der Waals surface area contributed by atoms with Crippen LogP contribution < -0.4 is 11.1 Å². The third kappa shape index (κ3) is 5.55. The van der Waals surface area contributed by atoms with Crippen LogP contribution in [0.1, 0.15) is 73.0 Å². The first-order valence-electron chi connectivity index (χ1n) is 11.6. The lowest BCUT2D eigenvalue weighted by Gasteiger charge is -2.40. The number of carbonyl (C=O) groups excluding carboxylic acids is 2. The summed E-state index contributed by atoms with van der Waals surface area (Å²) in [5, 5.41) is 4.88. The van der Waals surface area contributed by atoms with Crippen LogP contribution >= 0.6 is 11.3 Å². The van der Waals surface area contributed by atoms with Crippen molar-refractivity contribution in [1.82, 2.24) is 4.90 Å². The molecule has 2 saturated carbocycles. The fourth-order valence-corrected chi connectivity index (χ4v) is 5.63. The van der Waals surface area contributed by atoms with Crippen LogP contribution in [0.4, 0.5) is 5.69 Å². The summed E-state index contributed by atoms with van der Waals surface area (Å²) in [5.41, 5.74) is 8.29. The topological polar surface area (TPSA) is 75.4 Å². The minimum atomic E-state index is -0.100. The Bertz CT molecular complexity index is 877. The van der Waals surface area contributed by atoms with E-state index in [0.717, 1.165) is 62.6 Å². The lowest BCUT2D eigenvalue weighted by Crippen LogP contribution is -2.53. The van der Waals surface area contributed by atoms with Gasteiger partial charge in [-0.2, -0.15) is 0 Å². The van der Waals surface area contributed by atoms with Gasteiger partial charge in [-0.1, -0.05) is 50.3 Å².